The van der Waals surface area contributed by atoms with E-state index < -0.39 is 0 Å². The summed E-state index contributed by atoms with van der Waals surface area (Å²) < 4.78 is 6.84. The molecule has 3 aromatic rings. The largest absolute Gasteiger partial charge is 0.489 e. The molecule has 0 radical (unpaired) electrons. The van der Waals surface area contributed by atoms with Gasteiger partial charge in [0.2, 0.25) is 5.91 Å². The summed E-state index contributed by atoms with van der Waals surface area (Å²) in [5.41, 5.74) is 4.09. The molecule has 0 aliphatic carbocycles. The van der Waals surface area contributed by atoms with E-state index in [-0.39, 0.29) is 5.91 Å². The Bertz CT molecular complexity index is 930. The van der Waals surface area contributed by atoms with E-state index in [1.807, 2.05) is 72.8 Å². The van der Waals surface area contributed by atoms with Gasteiger partial charge in [-0.15, -0.1) is 0 Å². The number of hydrogen-bond acceptors (Lipinski definition) is 2. The summed E-state index contributed by atoms with van der Waals surface area (Å²) in [6.07, 6.45) is 4.30. The lowest BCUT2D eigenvalue weighted by Gasteiger charge is -2.07. The third-order valence-corrected chi connectivity index (χ3v) is 4.78. The molecule has 3 rings (SSSR count). The van der Waals surface area contributed by atoms with Gasteiger partial charge in [0.15, 0.2) is 0 Å². The van der Waals surface area contributed by atoms with E-state index in [1.165, 1.54) is 11.6 Å². The lowest BCUT2D eigenvalue weighted by molar-refractivity contribution is -0.111. The predicted molar refractivity (Wildman–Crippen MR) is 118 cm³/mol. The molecule has 0 spiro atoms. The van der Waals surface area contributed by atoms with Crippen molar-refractivity contribution >= 4 is 33.6 Å². The number of carbonyl (C=O) groups is 1. The molecule has 142 valence electrons. The van der Waals surface area contributed by atoms with Gasteiger partial charge >= 0.3 is 0 Å². The fourth-order valence-corrected chi connectivity index (χ4v) is 2.87. The van der Waals surface area contributed by atoms with Gasteiger partial charge in [-0.1, -0.05) is 59.3 Å². The van der Waals surface area contributed by atoms with Gasteiger partial charge in [0.1, 0.15) is 12.4 Å². The van der Waals surface area contributed by atoms with Gasteiger partial charge in [-0.05, 0) is 65.6 Å². The third kappa shape index (κ3) is 6.10. The number of ether oxygens (including phenoxy) is 1. The van der Waals surface area contributed by atoms with Crippen LogP contribution in [-0.4, -0.2) is 5.91 Å². The van der Waals surface area contributed by atoms with Gasteiger partial charge in [-0.3, -0.25) is 4.79 Å². The van der Waals surface area contributed by atoms with E-state index in [2.05, 4.69) is 28.2 Å². The Morgan fingerprint density at radius 1 is 0.929 bits per heavy atom. The number of carbonyl (C=O) groups excluding carboxylic acids is 1. The van der Waals surface area contributed by atoms with Crippen LogP contribution in [0.5, 0.6) is 5.75 Å². The minimum Gasteiger partial charge on any atom is -0.489 e. The van der Waals surface area contributed by atoms with Crippen molar-refractivity contribution in [3.8, 4) is 5.75 Å². The molecule has 4 heteroatoms. The van der Waals surface area contributed by atoms with E-state index in [9.17, 15) is 4.79 Å². The average Bonchev–Trinajstić information content (AvgIpc) is 2.73. The Labute approximate surface area is 174 Å². The molecule has 0 aliphatic heterocycles. The maximum atomic E-state index is 12.1. The molecule has 0 fully saturated rings. The zero-order valence-corrected chi connectivity index (χ0v) is 17.3. The van der Waals surface area contributed by atoms with Crippen molar-refractivity contribution in [3.05, 3.63) is 100 Å². The molecule has 28 heavy (non-hydrogen) atoms. The van der Waals surface area contributed by atoms with Crippen LogP contribution in [0.1, 0.15) is 23.6 Å². The van der Waals surface area contributed by atoms with Crippen molar-refractivity contribution < 1.29 is 9.53 Å². The summed E-state index contributed by atoms with van der Waals surface area (Å²) in [7, 11) is 0. The van der Waals surface area contributed by atoms with E-state index in [1.54, 1.807) is 6.08 Å². The van der Waals surface area contributed by atoms with Gasteiger partial charge < -0.3 is 10.1 Å². The second-order valence-corrected chi connectivity index (χ2v) is 7.27. The predicted octanol–water partition coefficient (Wildman–Crippen LogP) is 6.24. The summed E-state index contributed by atoms with van der Waals surface area (Å²) in [5.74, 6) is 0.639. The standard InChI is InChI=1S/C24H22BrNO2/c1-2-18-5-12-22(13-6-18)26-24(27)16-9-19-7-14-23(15-8-19)28-17-20-3-10-21(25)11-4-20/h3-16H,2,17H2,1H3,(H,26,27)/b16-9+. The van der Waals surface area contributed by atoms with Gasteiger partial charge in [-0.25, -0.2) is 0 Å². The molecule has 0 bridgehead atoms. The molecule has 1 amide bonds. The molecule has 0 heterocycles. The van der Waals surface area contributed by atoms with Crippen molar-refractivity contribution in [3.63, 3.8) is 0 Å². The minimum atomic E-state index is -0.153. The molecule has 3 aromatic carbocycles. The highest BCUT2D eigenvalue weighted by atomic mass is 79.9. The van der Waals surface area contributed by atoms with Crippen molar-refractivity contribution in [2.75, 3.05) is 5.32 Å². The van der Waals surface area contributed by atoms with Crippen molar-refractivity contribution in [2.24, 2.45) is 0 Å². The molecule has 0 saturated carbocycles. The zero-order valence-electron chi connectivity index (χ0n) is 15.7. The number of amides is 1. The summed E-state index contributed by atoms with van der Waals surface area (Å²) in [6.45, 7) is 2.62. The topological polar surface area (TPSA) is 38.3 Å². The fraction of sp³-hybridized carbons (Fsp3) is 0.125. The first-order chi connectivity index (χ1) is 13.6. The van der Waals surface area contributed by atoms with Crippen LogP contribution in [0.4, 0.5) is 5.69 Å². The average molecular weight is 436 g/mol. The normalized spacial score (nSPS) is 10.8. The molecular weight excluding hydrogens is 414 g/mol. The van der Waals surface area contributed by atoms with Crippen LogP contribution < -0.4 is 10.1 Å². The van der Waals surface area contributed by atoms with E-state index in [0.29, 0.717) is 6.61 Å². The quantitative estimate of drug-likeness (QED) is 0.445. The number of rotatable bonds is 7. The monoisotopic (exact) mass is 435 g/mol. The molecule has 0 atom stereocenters. The third-order valence-electron chi connectivity index (χ3n) is 4.26. The van der Waals surface area contributed by atoms with Crippen LogP contribution in [-0.2, 0) is 17.8 Å². The van der Waals surface area contributed by atoms with Crippen molar-refractivity contribution in [1.29, 1.82) is 0 Å². The lowest BCUT2D eigenvalue weighted by Crippen LogP contribution is -2.07. The highest BCUT2D eigenvalue weighted by Crippen LogP contribution is 2.17. The molecule has 0 aliphatic rings. The molecular formula is C24H22BrNO2. The second-order valence-electron chi connectivity index (χ2n) is 6.36. The second kappa shape index (κ2) is 9.90. The minimum absolute atomic E-state index is 0.153. The zero-order chi connectivity index (χ0) is 19.8. The maximum absolute atomic E-state index is 12.1. The van der Waals surface area contributed by atoms with E-state index in [4.69, 9.17) is 4.74 Å². The number of aryl methyl sites for hydroxylation is 1. The van der Waals surface area contributed by atoms with Crippen LogP contribution in [0.3, 0.4) is 0 Å². The molecule has 0 aromatic heterocycles. The first-order valence-electron chi connectivity index (χ1n) is 9.17. The van der Waals surface area contributed by atoms with E-state index in [0.717, 1.165) is 33.5 Å². The van der Waals surface area contributed by atoms with Crippen LogP contribution in [0, 0.1) is 0 Å². The smallest absolute Gasteiger partial charge is 0.248 e. The van der Waals surface area contributed by atoms with Gasteiger partial charge in [0, 0.05) is 16.2 Å². The van der Waals surface area contributed by atoms with Crippen molar-refractivity contribution in [2.45, 2.75) is 20.0 Å². The lowest BCUT2D eigenvalue weighted by atomic mass is 10.1. The summed E-state index contributed by atoms with van der Waals surface area (Å²) in [4.78, 5) is 12.1. The number of benzene rings is 3. The first-order valence-corrected chi connectivity index (χ1v) is 9.97. The SMILES string of the molecule is CCc1ccc(NC(=O)/C=C/c2ccc(OCc3ccc(Br)cc3)cc2)cc1. The van der Waals surface area contributed by atoms with Gasteiger partial charge in [0.05, 0.1) is 0 Å². The molecule has 0 saturated heterocycles. The van der Waals surface area contributed by atoms with Gasteiger partial charge in [0.25, 0.3) is 0 Å². The molecule has 0 unspecified atom stereocenters. The number of halogens is 1. The summed E-state index contributed by atoms with van der Waals surface area (Å²) in [5, 5.41) is 2.86. The Kier molecular flexibility index (Phi) is 7.04. The van der Waals surface area contributed by atoms with Crippen LogP contribution in [0.25, 0.3) is 6.08 Å². The Hall–Kier alpha value is -2.85. The van der Waals surface area contributed by atoms with Crippen LogP contribution in [0.15, 0.2) is 83.3 Å². The van der Waals surface area contributed by atoms with Crippen LogP contribution in [0.2, 0.25) is 0 Å². The highest BCUT2D eigenvalue weighted by molar-refractivity contribution is 9.10. The number of anilines is 1. The number of nitrogens with one attached hydrogen (secondary N) is 1. The fourth-order valence-electron chi connectivity index (χ4n) is 2.60. The Balaban J connectivity index is 1.51. The maximum Gasteiger partial charge on any atom is 0.248 e. The molecule has 1 N–H and O–H groups in total. The highest BCUT2D eigenvalue weighted by Gasteiger charge is 1.99. The molecule has 3 nitrogen and oxygen atoms in total. The first kappa shape index (κ1) is 19.9. The summed E-state index contributed by atoms with van der Waals surface area (Å²) in [6, 6.07) is 23.6. The van der Waals surface area contributed by atoms with Crippen molar-refractivity contribution in [1.82, 2.24) is 0 Å². The van der Waals surface area contributed by atoms with E-state index >= 15 is 0 Å². The number of hydrogen-bond donors (Lipinski definition) is 1. The Morgan fingerprint density at radius 3 is 2.21 bits per heavy atom. The summed E-state index contributed by atoms with van der Waals surface area (Å²) >= 11 is 3.42. The Morgan fingerprint density at radius 2 is 1.57 bits per heavy atom. The van der Waals surface area contributed by atoms with Gasteiger partial charge in [-0.2, -0.15) is 0 Å². The van der Waals surface area contributed by atoms with Crippen LogP contribution >= 0.6 is 15.9 Å².